The van der Waals surface area contributed by atoms with Crippen LogP contribution in [0.1, 0.15) is 24.8 Å². The highest BCUT2D eigenvalue weighted by Crippen LogP contribution is 2.45. The number of aromatic nitrogens is 1. The second-order valence-electron chi connectivity index (χ2n) is 5.25. The second kappa shape index (κ2) is 4.05. The molecule has 94 valence electrons. The third-order valence-corrected chi connectivity index (χ3v) is 4.57. The highest BCUT2D eigenvalue weighted by Gasteiger charge is 2.43. The summed E-state index contributed by atoms with van der Waals surface area (Å²) in [5, 5.41) is 4.28. The molecule has 1 heterocycles. The van der Waals surface area contributed by atoms with Crippen molar-refractivity contribution < 1.29 is 4.79 Å². The fourth-order valence-corrected chi connectivity index (χ4v) is 2.82. The lowest BCUT2D eigenvalue weighted by molar-refractivity contribution is -0.121. The average Bonchev–Trinajstić information content (AvgIpc) is 2.98. The first-order valence-corrected chi connectivity index (χ1v) is 7.03. The summed E-state index contributed by atoms with van der Waals surface area (Å²) in [7, 11) is 0. The standard InChI is InChI=1S/C14H16N2OS/c1-9-16-11-7-10(3-4-12(11)18-9)15-8-13(17)14(2)5-6-14/h3-4,7,15H,5-6,8H2,1-2H3. The normalized spacial score (nSPS) is 16.8. The number of anilines is 1. The topological polar surface area (TPSA) is 42.0 Å². The summed E-state index contributed by atoms with van der Waals surface area (Å²) >= 11 is 1.69. The number of nitrogens with zero attached hydrogens (tertiary/aromatic N) is 1. The Morgan fingerprint density at radius 2 is 2.28 bits per heavy atom. The van der Waals surface area contributed by atoms with Gasteiger partial charge in [-0.05, 0) is 38.0 Å². The molecule has 1 aromatic carbocycles. The van der Waals surface area contributed by atoms with Crippen LogP contribution in [0.4, 0.5) is 5.69 Å². The van der Waals surface area contributed by atoms with Crippen molar-refractivity contribution in [3.05, 3.63) is 23.2 Å². The van der Waals surface area contributed by atoms with Gasteiger partial charge in [-0.3, -0.25) is 4.79 Å². The number of hydrogen-bond donors (Lipinski definition) is 1. The van der Waals surface area contributed by atoms with E-state index in [0.29, 0.717) is 12.3 Å². The van der Waals surface area contributed by atoms with Crippen LogP contribution in [0.3, 0.4) is 0 Å². The summed E-state index contributed by atoms with van der Waals surface area (Å²) in [4.78, 5) is 16.3. The van der Waals surface area contributed by atoms with Crippen LogP contribution in [0.25, 0.3) is 10.2 Å². The Balaban J connectivity index is 1.72. The van der Waals surface area contributed by atoms with E-state index in [2.05, 4.69) is 16.4 Å². The largest absolute Gasteiger partial charge is 0.378 e. The molecule has 0 saturated heterocycles. The molecule has 18 heavy (non-hydrogen) atoms. The average molecular weight is 260 g/mol. The van der Waals surface area contributed by atoms with Crippen LogP contribution < -0.4 is 5.32 Å². The van der Waals surface area contributed by atoms with E-state index in [9.17, 15) is 4.79 Å². The van der Waals surface area contributed by atoms with E-state index in [4.69, 9.17) is 0 Å². The molecule has 1 aliphatic rings. The van der Waals surface area contributed by atoms with Gasteiger partial charge in [-0.15, -0.1) is 11.3 Å². The van der Waals surface area contributed by atoms with Gasteiger partial charge in [0, 0.05) is 11.1 Å². The zero-order valence-corrected chi connectivity index (χ0v) is 11.4. The van der Waals surface area contributed by atoms with E-state index in [1.54, 1.807) is 11.3 Å². The first-order valence-electron chi connectivity index (χ1n) is 6.21. The molecule has 4 heteroatoms. The molecule has 0 unspecified atom stereocenters. The second-order valence-corrected chi connectivity index (χ2v) is 6.49. The molecule has 2 aromatic rings. The van der Waals surface area contributed by atoms with E-state index in [-0.39, 0.29) is 5.41 Å². The molecule has 1 aromatic heterocycles. The molecular formula is C14H16N2OS. The number of ketones is 1. The summed E-state index contributed by atoms with van der Waals surface area (Å²) < 4.78 is 1.19. The number of nitrogens with one attached hydrogen (secondary N) is 1. The fraction of sp³-hybridized carbons (Fsp3) is 0.429. The maximum Gasteiger partial charge on any atom is 0.157 e. The lowest BCUT2D eigenvalue weighted by Crippen LogP contribution is -2.21. The molecule has 3 nitrogen and oxygen atoms in total. The first kappa shape index (κ1) is 11.7. The predicted molar refractivity (Wildman–Crippen MR) is 75.2 cm³/mol. The van der Waals surface area contributed by atoms with E-state index < -0.39 is 0 Å². The molecule has 0 spiro atoms. The van der Waals surface area contributed by atoms with Gasteiger partial charge < -0.3 is 5.32 Å². The Kier molecular flexibility index (Phi) is 2.63. The third kappa shape index (κ3) is 2.12. The van der Waals surface area contributed by atoms with Crippen LogP contribution in [-0.4, -0.2) is 17.3 Å². The van der Waals surface area contributed by atoms with Crippen LogP contribution in [-0.2, 0) is 4.79 Å². The van der Waals surface area contributed by atoms with Gasteiger partial charge in [0.15, 0.2) is 5.78 Å². The Morgan fingerprint density at radius 1 is 1.50 bits per heavy atom. The Hall–Kier alpha value is -1.42. The molecule has 1 saturated carbocycles. The molecule has 3 rings (SSSR count). The molecule has 0 aliphatic heterocycles. The highest BCUT2D eigenvalue weighted by molar-refractivity contribution is 7.18. The molecule has 0 atom stereocenters. The van der Waals surface area contributed by atoms with E-state index in [1.165, 1.54) is 4.70 Å². The van der Waals surface area contributed by atoms with Crippen LogP contribution in [0.5, 0.6) is 0 Å². The van der Waals surface area contributed by atoms with Crippen molar-refractivity contribution in [1.82, 2.24) is 4.98 Å². The Labute approximate surface area is 110 Å². The van der Waals surface area contributed by atoms with Crippen molar-refractivity contribution in [1.29, 1.82) is 0 Å². The van der Waals surface area contributed by atoms with Gasteiger partial charge in [0.2, 0.25) is 0 Å². The zero-order chi connectivity index (χ0) is 12.8. The van der Waals surface area contributed by atoms with Gasteiger partial charge >= 0.3 is 0 Å². The summed E-state index contributed by atoms with van der Waals surface area (Å²) in [5.41, 5.74) is 1.94. The van der Waals surface area contributed by atoms with Crippen molar-refractivity contribution in [2.75, 3.05) is 11.9 Å². The quantitative estimate of drug-likeness (QED) is 0.916. The minimum Gasteiger partial charge on any atom is -0.378 e. The first-order chi connectivity index (χ1) is 8.57. The number of aryl methyl sites for hydroxylation is 1. The molecule has 1 N–H and O–H groups in total. The number of carbonyl (C=O) groups is 1. The van der Waals surface area contributed by atoms with Crippen molar-refractivity contribution in [3.63, 3.8) is 0 Å². The SMILES string of the molecule is Cc1nc2cc(NCC(=O)C3(C)CC3)ccc2s1. The Bertz CT molecular complexity index is 613. The van der Waals surface area contributed by atoms with Gasteiger partial charge in [0.1, 0.15) is 0 Å². The number of thiazole rings is 1. The number of fused-ring (bicyclic) bond motifs is 1. The monoisotopic (exact) mass is 260 g/mol. The summed E-state index contributed by atoms with van der Waals surface area (Å²) in [6.07, 6.45) is 2.08. The number of hydrogen-bond acceptors (Lipinski definition) is 4. The van der Waals surface area contributed by atoms with Gasteiger partial charge in [0.05, 0.1) is 21.8 Å². The van der Waals surface area contributed by atoms with Crippen LogP contribution in [0, 0.1) is 12.3 Å². The van der Waals surface area contributed by atoms with Crippen molar-refractivity contribution in [2.45, 2.75) is 26.7 Å². The number of benzene rings is 1. The van der Waals surface area contributed by atoms with Gasteiger partial charge in [-0.1, -0.05) is 6.92 Å². The van der Waals surface area contributed by atoms with Crippen LogP contribution >= 0.6 is 11.3 Å². The molecule has 1 fully saturated rings. The Morgan fingerprint density at radius 3 is 3.00 bits per heavy atom. The van der Waals surface area contributed by atoms with E-state index in [0.717, 1.165) is 29.1 Å². The zero-order valence-electron chi connectivity index (χ0n) is 10.6. The van der Waals surface area contributed by atoms with Crippen molar-refractivity contribution in [3.8, 4) is 0 Å². The minimum absolute atomic E-state index is 0.0473. The van der Waals surface area contributed by atoms with E-state index in [1.807, 2.05) is 26.0 Å². The summed E-state index contributed by atoms with van der Waals surface area (Å²) in [5.74, 6) is 0.317. The van der Waals surface area contributed by atoms with E-state index >= 15 is 0 Å². The lowest BCUT2D eigenvalue weighted by Gasteiger charge is -2.09. The predicted octanol–water partition coefficient (Wildman–Crippen LogP) is 3.39. The number of Topliss-reactive ketones (excluding diaryl/α,β-unsaturated/α-hetero) is 1. The fourth-order valence-electron chi connectivity index (χ4n) is 2.01. The minimum atomic E-state index is -0.0473. The van der Waals surface area contributed by atoms with Crippen LogP contribution in [0.2, 0.25) is 0 Å². The third-order valence-electron chi connectivity index (χ3n) is 3.62. The maximum absolute atomic E-state index is 11.9. The molecular weight excluding hydrogens is 244 g/mol. The molecule has 0 bridgehead atoms. The maximum atomic E-state index is 11.9. The van der Waals surface area contributed by atoms with Gasteiger partial charge in [-0.2, -0.15) is 0 Å². The summed E-state index contributed by atoms with van der Waals surface area (Å²) in [6, 6.07) is 6.09. The van der Waals surface area contributed by atoms with Crippen molar-refractivity contribution in [2.24, 2.45) is 5.41 Å². The number of carbonyl (C=O) groups excluding carboxylic acids is 1. The smallest absolute Gasteiger partial charge is 0.157 e. The molecule has 0 radical (unpaired) electrons. The van der Waals surface area contributed by atoms with Crippen LogP contribution in [0.15, 0.2) is 18.2 Å². The number of rotatable bonds is 4. The lowest BCUT2D eigenvalue weighted by atomic mass is 10.0. The molecule has 0 amide bonds. The highest BCUT2D eigenvalue weighted by atomic mass is 32.1. The van der Waals surface area contributed by atoms with Gasteiger partial charge in [-0.25, -0.2) is 4.98 Å². The van der Waals surface area contributed by atoms with Gasteiger partial charge in [0.25, 0.3) is 0 Å². The molecule has 1 aliphatic carbocycles. The van der Waals surface area contributed by atoms with Crippen molar-refractivity contribution >= 4 is 33.0 Å². The summed E-state index contributed by atoms with van der Waals surface area (Å²) in [6.45, 7) is 4.48.